The van der Waals surface area contributed by atoms with Crippen molar-refractivity contribution in [3.8, 4) is 11.6 Å². The van der Waals surface area contributed by atoms with Gasteiger partial charge in [-0.05, 0) is 6.07 Å². The monoisotopic (exact) mass is 477 g/mol. The Morgan fingerprint density at radius 2 is 2.23 bits per heavy atom. The molecule has 0 saturated carbocycles. The molecule has 5 heterocycles. The number of hydrogen-bond acceptors (Lipinski definition) is 11. The van der Waals surface area contributed by atoms with Crippen LogP contribution in [0.3, 0.4) is 0 Å². The summed E-state index contributed by atoms with van der Waals surface area (Å²) in [5.41, 5.74) is 8.05. The number of fused-ring (bicyclic) bond motifs is 2. The molecule has 1 saturated heterocycles. The molecule has 0 bridgehead atoms. The molecule has 178 valence electrons. The first-order chi connectivity index (χ1) is 17.0. The third-order valence-corrected chi connectivity index (χ3v) is 5.75. The number of aromatic nitrogens is 7. The second kappa shape index (κ2) is 8.03. The number of nitrogens with zero attached hydrogens (tertiary/aromatic N) is 7. The summed E-state index contributed by atoms with van der Waals surface area (Å²) in [6.07, 6.45) is 0.701. The van der Waals surface area contributed by atoms with E-state index in [0.717, 1.165) is 0 Å². The molecule has 14 heteroatoms. The number of aliphatic hydroxyl groups is 1. The largest absolute Gasteiger partial charge is 0.480 e. The van der Waals surface area contributed by atoms with Gasteiger partial charge < -0.3 is 29.8 Å². The number of amides is 1. The number of benzene rings is 1. The number of ether oxygens (including phenoxy) is 2. The number of carbonyl (C=O) groups is 1. The smallest absolute Gasteiger partial charge is 0.260 e. The van der Waals surface area contributed by atoms with E-state index in [1.807, 2.05) is 0 Å². The van der Waals surface area contributed by atoms with Crippen molar-refractivity contribution in [3.05, 3.63) is 42.5 Å². The van der Waals surface area contributed by atoms with Gasteiger partial charge in [0.1, 0.15) is 11.9 Å². The Bertz CT molecular complexity index is 1560. The summed E-state index contributed by atoms with van der Waals surface area (Å²) in [5.74, 6) is 0.720. The zero-order valence-electron chi connectivity index (χ0n) is 18.3. The van der Waals surface area contributed by atoms with Crippen molar-refractivity contribution in [2.45, 2.75) is 12.2 Å². The maximum absolute atomic E-state index is 13.3. The van der Waals surface area contributed by atoms with E-state index in [9.17, 15) is 9.90 Å². The summed E-state index contributed by atoms with van der Waals surface area (Å²) in [6.45, 7) is 0.486. The van der Waals surface area contributed by atoms with E-state index in [0.29, 0.717) is 39.4 Å². The van der Waals surface area contributed by atoms with Crippen LogP contribution in [0, 0.1) is 0 Å². The molecule has 35 heavy (non-hydrogen) atoms. The molecule has 1 aliphatic heterocycles. The summed E-state index contributed by atoms with van der Waals surface area (Å²) in [4.78, 5) is 22.2. The second-order valence-electron chi connectivity index (χ2n) is 7.86. The van der Waals surface area contributed by atoms with Gasteiger partial charge in [0.15, 0.2) is 23.3 Å². The highest BCUT2D eigenvalue weighted by Crippen LogP contribution is 2.29. The fourth-order valence-corrected chi connectivity index (χ4v) is 3.99. The van der Waals surface area contributed by atoms with Crippen LogP contribution in [0.15, 0.2) is 41.2 Å². The maximum atomic E-state index is 13.3. The predicted molar refractivity (Wildman–Crippen MR) is 121 cm³/mol. The molecule has 14 nitrogen and oxygen atoms in total. The first-order valence-corrected chi connectivity index (χ1v) is 10.6. The average molecular weight is 477 g/mol. The molecule has 6 rings (SSSR count). The fraction of sp³-hybridized carbons (Fsp3) is 0.238. The van der Waals surface area contributed by atoms with Gasteiger partial charge in [-0.2, -0.15) is 5.10 Å². The average Bonchev–Trinajstić information content (AvgIpc) is 3.61. The summed E-state index contributed by atoms with van der Waals surface area (Å²) >= 11 is 0. The minimum atomic E-state index is -1.34. The van der Waals surface area contributed by atoms with Crippen LogP contribution in [-0.2, 0) is 9.53 Å². The Hall–Kier alpha value is -4.56. The van der Waals surface area contributed by atoms with Crippen molar-refractivity contribution in [2.24, 2.45) is 0 Å². The zero-order chi connectivity index (χ0) is 24.1. The number of imidazole rings is 1. The number of nitrogen functional groups attached to an aromatic ring is 1. The summed E-state index contributed by atoms with van der Waals surface area (Å²) in [5, 5.41) is 27.5. The Morgan fingerprint density at radius 1 is 1.34 bits per heavy atom. The van der Waals surface area contributed by atoms with Crippen molar-refractivity contribution in [2.75, 3.05) is 30.9 Å². The molecule has 0 aliphatic carbocycles. The molecule has 4 aromatic heterocycles. The number of anilines is 2. The lowest BCUT2D eigenvalue weighted by atomic mass is 10.1. The Labute approximate surface area is 196 Å². The molecule has 0 radical (unpaired) electrons. The van der Waals surface area contributed by atoms with Crippen LogP contribution in [0.1, 0.15) is 11.9 Å². The summed E-state index contributed by atoms with van der Waals surface area (Å²) in [7, 11) is 1.49. The molecule has 2 atom stereocenters. The van der Waals surface area contributed by atoms with Gasteiger partial charge in [0.2, 0.25) is 5.88 Å². The van der Waals surface area contributed by atoms with Crippen molar-refractivity contribution in [3.63, 3.8) is 0 Å². The number of morpholine rings is 1. The number of methoxy groups -OCH3 is 1. The van der Waals surface area contributed by atoms with Gasteiger partial charge in [0.25, 0.3) is 5.91 Å². The first-order valence-electron chi connectivity index (χ1n) is 10.6. The number of rotatable bonds is 5. The normalized spacial score (nSPS) is 17.4. The maximum Gasteiger partial charge on any atom is 0.260 e. The van der Waals surface area contributed by atoms with E-state index in [2.05, 4.69) is 30.4 Å². The van der Waals surface area contributed by atoms with Crippen LogP contribution in [0.2, 0.25) is 0 Å². The molecular formula is C21H19N9O5. The summed E-state index contributed by atoms with van der Waals surface area (Å²) in [6, 6.07) is 6.74. The van der Waals surface area contributed by atoms with Crippen LogP contribution < -0.4 is 15.4 Å². The van der Waals surface area contributed by atoms with E-state index in [4.69, 9.17) is 19.7 Å². The topological polar surface area (TPSA) is 183 Å². The summed E-state index contributed by atoms with van der Waals surface area (Å²) < 4.78 is 17.5. The highest BCUT2D eigenvalue weighted by atomic mass is 16.5. The predicted octanol–water partition coefficient (Wildman–Crippen LogP) is 0.736. The van der Waals surface area contributed by atoms with Crippen LogP contribution in [0.25, 0.3) is 27.7 Å². The zero-order valence-corrected chi connectivity index (χ0v) is 18.3. The van der Waals surface area contributed by atoms with Crippen molar-refractivity contribution >= 4 is 39.5 Å². The molecule has 1 amide bonds. The third-order valence-electron chi connectivity index (χ3n) is 5.75. The van der Waals surface area contributed by atoms with Crippen LogP contribution in [-0.4, -0.2) is 72.5 Å². The molecule has 5 aromatic rings. The third kappa shape index (κ3) is 3.51. The lowest BCUT2D eigenvalue weighted by molar-refractivity contribution is -0.143. The first kappa shape index (κ1) is 21.0. The van der Waals surface area contributed by atoms with Crippen molar-refractivity contribution in [1.82, 2.24) is 35.1 Å². The van der Waals surface area contributed by atoms with E-state index in [-0.39, 0.29) is 24.8 Å². The minimum Gasteiger partial charge on any atom is -0.480 e. The lowest BCUT2D eigenvalue weighted by Crippen LogP contribution is -2.50. The van der Waals surface area contributed by atoms with Gasteiger partial charge in [-0.3, -0.25) is 9.69 Å². The molecule has 2 unspecified atom stereocenters. The second-order valence-corrected chi connectivity index (χ2v) is 7.86. The molecule has 4 N–H and O–H groups in total. The quantitative estimate of drug-likeness (QED) is 0.324. The number of H-pyrrole nitrogens is 1. The van der Waals surface area contributed by atoms with E-state index in [1.165, 1.54) is 18.2 Å². The van der Waals surface area contributed by atoms with Gasteiger partial charge in [-0.15, -0.1) is 10.2 Å². The highest BCUT2D eigenvalue weighted by molar-refractivity contribution is 5.98. The van der Waals surface area contributed by atoms with Gasteiger partial charge >= 0.3 is 0 Å². The molecule has 1 aromatic carbocycles. The number of aromatic amines is 1. The molecule has 0 spiro atoms. The highest BCUT2D eigenvalue weighted by Gasteiger charge is 2.38. The molecule has 1 aliphatic rings. The van der Waals surface area contributed by atoms with Gasteiger partial charge in [-0.1, -0.05) is 5.16 Å². The van der Waals surface area contributed by atoms with Gasteiger partial charge in [0, 0.05) is 24.4 Å². The SMILES string of the molecule is COc1cc(-n2ccc(N3CCOC(C(O)c4nc5cc6c(N)noc6cc5[nH]4)C3=O)n2)cnn1. The van der Waals surface area contributed by atoms with Crippen LogP contribution in [0.4, 0.5) is 11.6 Å². The number of aliphatic hydroxyl groups excluding tert-OH is 1. The number of nitrogens with one attached hydrogen (secondary N) is 1. The van der Waals surface area contributed by atoms with E-state index in [1.54, 1.807) is 35.1 Å². The van der Waals surface area contributed by atoms with E-state index < -0.39 is 18.1 Å². The Kier molecular flexibility index (Phi) is 4.82. The number of carbonyl (C=O) groups excluding carboxylic acids is 1. The Balaban J connectivity index is 1.26. The van der Waals surface area contributed by atoms with E-state index >= 15 is 0 Å². The lowest BCUT2D eigenvalue weighted by Gasteiger charge is -2.32. The fourth-order valence-electron chi connectivity index (χ4n) is 3.99. The van der Waals surface area contributed by atoms with Crippen LogP contribution >= 0.6 is 0 Å². The number of nitrogens with two attached hydrogens (primary N) is 1. The standard InChI is InChI=1S/C21H19N9O5/c1-33-16-6-10(9-23-26-16)30-3-2-15(27-30)29-4-5-34-18(21(29)32)17(31)20-24-12-7-11-14(8-13(12)25-20)35-28-19(11)22/h2-3,6-9,17-18,31H,4-5H2,1H3,(H2,22,28)(H,24,25). The van der Waals surface area contributed by atoms with Crippen molar-refractivity contribution < 1.29 is 23.9 Å². The van der Waals surface area contributed by atoms with Crippen LogP contribution in [0.5, 0.6) is 5.88 Å². The Morgan fingerprint density at radius 3 is 3.09 bits per heavy atom. The van der Waals surface area contributed by atoms with Crippen molar-refractivity contribution in [1.29, 1.82) is 0 Å². The molecule has 1 fully saturated rings. The molecular weight excluding hydrogens is 458 g/mol. The van der Waals surface area contributed by atoms with Gasteiger partial charge in [0.05, 0.1) is 48.6 Å². The number of hydrogen-bond donors (Lipinski definition) is 3. The van der Waals surface area contributed by atoms with Gasteiger partial charge in [-0.25, -0.2) is 9.67 Å². The minimum absolute atomic E-state index is 0.180.